The molecule has 0 spiro atoms. The van der Waals surface area contributed by atoms with E-state index in [1.54, 1.807) is 52.8 Å². The lowest BCUT2D eigenvalue weighted by molar-refractivity contribution is -0.119. The van der Waals surface area contributed by atoms with E-state index in [0.717, 1.165) is 12.8 Å². The Morgan fingerprint density at radius 1 is 1.08 bits per heavy atom. The van der Waals surface area contributed by atoms with Crippen LogP contribution in [0.3, 0.4) is 0 Å². The van der Waals surface area contributed by atoms with Crippen LogP contribution in [0.4, 0.5) is 14.5 Å². The molecule has 190 valence electrons. The number of nitrogens with zero attached hydrogens (tertiary/aromatic N) is 2. The van der Waals surface area contributed by atoms with Gasteiger partial charge in [0.05, 0.1) is 16.1 Å². The van der Waals surface area contributed by atoms with Gasteiger partial charge in [0.25, 0.3) is 0 Å². The minimum absolute atomic E-state index is 0.0645. The number of benzene rings is 3. The van der Waals surface area contributed by atoms with E-state index in [-0.39, 0.29) is 34.4 Å². The number of carboxylic acids is 1. The Morgan fingerprint density at radius 3 is 2.65 bits per heavy atom. The fraction of sp³-hybridized carbons (Fsp3) is 0.214. The van der Waals surface area contributed by atoms with Crippen molar-refractivity contribution in [3.8, 4) is 0 Å². The van der Waals surface area contributed by atoms with E-state index >= 15 is 4.39 Å². The summed E-state index contributed by atoms with van der Waals surface area (Å²) in [7, 11) is 0. The molecule has 0 saturated carbocycles. The Morgan fingerprint density at radius 2 is 1.86 bits per heavy atom. The van der Waals surface area contributed by atoms with E-state index in [9.17, 15) is 19.1 Å². The van der Waals surface area contributed by atoms with Crippen molar-refractivity contribution in [2.75, 3.05) is 11.4 Å². The molecule has 2 heterocycles. The van der Waals surface area contributed by atoms with Crippen molar-refractivity contribution in [2.24, 2.45) is 0 Å². The molecule has 4 aromatic rings. The number of carbonyl (C=O) groups excluding carboxylic acids is 1. The number of anilines is 1. The zero-order chi connectivity index (χ0) is 26.3. The summed E-state index contributed by atoms with van der Waals surface area (Å²) < 4.78 is 31.5. The lowest BCUT2D eigenvalue weighted by Gasteiger charge is -2.24. The fourth-order valence-electron chi connectivity index (χ4n) is 4.83. The van der Waals surface area contributed by atoms with Crippen LogP contribution in [0, 0.1) is 18.6 Å². The summed E-state index contributed by atoms with van der Waals surface area (Å²) >= 11 is 7.43. The summed E-state index contributed by atoms with van der Waals surface area (Å²) in [5.74, 6) is -2.29. The van der Waals surface area contributed by atoms with Crippen LogP contribution in [0.15, 0.2) is 64.4 Å². The molecule has 1 aliphatic rings. The number of amides is 1. The second-order valence-electron chi connectivity index (χ2n) is 8.93. The van der Waals surface area contributed by atoms with Crippen molar-refractivity contribution in [1.82, 2.24) is 4.57 Å². The van der Waals surface area contributed by atoms with Crippen molar-refractivity contribution in [1.29, 1.82) is 0 Å². The predicted molar refractivity (Wildman–Crippen MR) is 141 cm³/mol. The molecule has 5 nitrogen and oxygen atoms in total. The molecule has 1 N–H and O–H groups in total. The van der Waals surface area contributed by atoms with E-state index in [1.807, 2.05) is 0 Å². The highest BCUT2D eigenvalue weighted by molar-refractivity contribution is 7.99. The zero-order valence-corrected chi connectivity index (χ0v) is 21.5. The number of halogens is 3. The third kappa shape index (κ3) is 4.71. The third-order valence-electron chi connectivity index (χ3n) is 6.66. The summed E-state index contributed by atoms with van der Waals surface area (Å²) in [6, 6.07) is 14.4. The average molecular weight is 541 g/mol. The topological polar surface area (TPSA) is 62.5 Å². The first kappa shape index (κ1) is 25.3. The first-order valence-corrected chi connectivity index (χ1v) is 13.0. The van der Waals surface area contributed by atoms with Gasteiger partial charge in [-0.15, -0.1) is 0 Å². The molecule has 3 aromatic carbocycles. The summed E-state index contributed by atoms with van der Waals surface area (Å²) in [6.45, 7) is 2.08. The van der Waals surface area contributed by atoms with Crippen molar-refractivity contribution >= 4 is 51.8 Å². The van der Waals surface area contributed by atoms with Crippen molar-refractivity contribution < 1.29 is 23.5 Å². The maximum atomic E-state index is 15.4. The predicted octanol–water partition coefficient (Wildman–Crippen LogP) is 7.10. The first-order valence-electron chi connectivity index (χ1n) is 11.8. The Labute approximate surface area is 221 Å². The number of rotatable bonds is 5. The highest BCUT2D eigenvalue weighted by atomic mass is 35.5. The molecular weight excluding hydrogens is 518 g/mol. The van der Waals surface area contributed by atoms with Gasteiger partial charge in [0.15, 0.2) is 5.82 Å². The first-order chi connectivity index (χ1) is 17.8. The molecule has 0 saturated heterocycles. The average Bonchev–Trinajstić information content (AvgIpc) is 3.01. The fourth-order valence-corrected chi connectivity index (χ4v) is 6.08. The number of aromatic nitrogens is 1. The highest BCUT2D eigenvalue weighted by Crippen LogP contribution is 2.41. The SMILES string of the molecule is Cc1c(Sc2cccc(C(=O)O)c2)c2ccc(Cl)c(F)c2n1CC(=O)N1CCCCc2c(F)cccc21. The minimum atomic E-state index is -1.04. The Balaban J connectivity index is 1.57. The van der Waals surface area contributed by atoms with E-state index in [0.29, 0.717) is 45.1 Å². The lowest BCUT2D eigenvalue weighted by atomic mass is 10.1. The molecule has 0 fully saturated rings. The van der Waals surface area contributed by atoms with Crippen LogP contribution >= 0.6 is 23.4 Å². The molecule has 37 heavy (non-hydrogen) atoms. The minimum Gasteiger partial charge on any atom is -0.478 e. The quantitative estimate of drug-likeness (QED) is 0.293. The number of hydrogen-bond acceptors (Lipinski definition) is 3. The monoisotopic (exact) mass is 540 g/mol. The van der Waals surface area contributed by atoms with Gasteiger partial charge in [-0.05, 0) is 68.7 Å². The van der Waals surface area contributed by atoms with E-state index < -0.39 is 11.8 Å². The van der Waals surface area contributed by atoms with Crippen LogP contribution in [0.1, 0.15) is 34.5 Å². The number of carboxylic acid groups (broad SMARTS) is 1. The molecule has 0 atom stereocenters. The zero-order valence-electron chi connectivity index (χ0n) is 19.9. The smallest absolute Gasteiger partial charge is 0.335 e. The number of fused-ring (bicyclic) bond motifs is 2. The maximum Gasteiger partial charge on any atom is 0.335 e. The molecule has 0 bridgehead atoms. The molecule has 1 aromatic heterocycles. The molecule has 1 amide bonds. The van der Waals surface area contributed by atoms with Crippen LogP contribution in [-0.4, -0.2) is 28.1 Å². The van der Waals surface area contributed by atoms with Gasteiger partial charge in [0.2, 0.25) is 5.91 Å². The molecule has 0 radical (unpaired) electrons. The van der Waals surface area contributed by atoms with Crippen molar-refractivity contribution in [3.05, 3.63) is 88.1 Å². The van der Waals surface area contributed by atoms with Gasteiger partial charge in [0.1, 0.15) is 12.4 Å². The molecule has 0 unspecified atom stereocenters. The van der Waals surface area contributed by atoms with E-state index in [2.05, 4.69) is 0 Å². The second-order valence-corrected chi connectivity index (χ2v) is 10.4. The summed E-state index contributed by atoms with van der Waals surface area (Å²) in [6.07, 6.45) is 2.05. The number of carbonyl (C=O) groups is 2. The molecule has 5 rings (SSSR count). The molecule has 1 aliphatic heterocycles. The van der Waals surface area contributed by atoms with Gasteiger partial charge >= 0.3 is 5.97 Å². The Hall–Kier alpha value is -3.36. The number of hydrogen-bond donors (Lipinski definition) is 1. The standard InChI is InChI=1S/C28H23ClF2N2O3S/c1-16-27(37-18-7-4-6-17(14-18)28(35)36)20-11-12-21(29)25(31)26(20)33(16)15-24(34)32-13-3-2-8-19-22(30)9-5-10-23(19)32/h4-7,9-12,14H,2-3,8,13,15H2,1H3,(H,35,36). The molecule has 0 aliphatic carbocycles. The van der Waals surface area contributed by atoms with Gasteiger partial charge in [-0.1, -0.05) is 35.5 Å². The van der Waals surface area contributed by atoms with Crippen LogP contribution in [0.2, 0.25) is 5.02 Å². The van der Waals surface area contributed by atoms with Gasteiger partial charge in [-0.2, -0.15) is 0 Å². The summed E-state index contributed by atoms with van der Waals surface area (Å²) in [5.41, 5.74) is 2.05. The van der Waals surface area contributed by atoms with Crippen LogP contribution in [-0.2, 0) is 17.8 Å². The van der Waals surface area contributed by atoms with Crippen molar-refractivity contribution in [3.63, 3.8) is 0 Å². The normalized spacial score (nSPS) is 13.5. The van der Waals surface area contributed by atoms with Crippen LogP contribution < -0.4 is 4.90 Å². The van der Waals surface area contributed by atoms with Gasteiger partial charge in [-0.25, -0.2) is 13.6 Å². The Bertz CT molecular complexity index is 1550. The third-order valence-corrected chi connectivity index (χ3v) is 8.16. The Kier molecular flexibility index (Phi) is 6.96. The number of aromatic carboxylic acids is 1. The van der Waals surface area contributed by atoms with Gasteiger partial charge in [0, 0.05) is 38.7 Å². The second kappa shape index (κ2) is 10.2. The lowest BCUT2D eigenvalue weighted by Crippen LogP contribution is -2.35. The van der Waals surface area contributed by atoms with E-state index in [1.165, 1.54) is 30.0 Å². The summed E-state index contributed by atoms with van der Waals surface area (Å²) in [4.78, 5) is 28.0. The van der Waals surface area contributed by atoms with Gasteiger partial charge in [-0.3, -0.25) is 4.79 Å². The van der Waals surface area contributed by atoms with Gasteiger partial charge < -0.3 is 14.6 Å². The van der Waals surface area contributed by atoms with Crippen LogP contribution in [0.25, 0.3) is 10.9 Å². The summed E-state index contributed by atoms with van der Waals surface area (Å²) in [5, 5.41) is 9.86. The molecule has 9 heteroatoms. The van der Waals surface area contributed by atoms with Crippen LogP contribution in [0.5, 0.6) is 0 Å². The molecular formula is C28H23ClF2N2O3S. The largest absolute Gasteiger partial charge is 0.478 e. The van der Waals surface area contributed by atoms with Crippen molar-refractivity contribution in [2.45, 2.75) is 42.5 Å². The maximum absolute atomic E-state index is 15.4. The van der Waals surface area contributed by atoms with E-state index in [4.69, 9.17) is 11.6 Å². The highest BCUT2D eigenvalue weighted by Gasteiger charge is 2.26.